The number of hydrogen-bond donors (Lipinski definition) is 1. The van der Waals surface area contributed by atoms with Crippen molar-refractivity contribution in [1.82, 2.24) is 9.88 Å². The van der Waals surface area contributed by atoms with Gasteiger partial charge in [0.2, 0.25) is 0 Å². The number of anilines is 1. The van der Waals surface area contributed by atoms with Crippen LogP contribution in [-0.4, -0.2) is 41.4 Å². The van der Waals surface area contributed by atoms with Gasteiger partial charge in [-0.15, -0.1) is 0 Å². The van der Waals surface area contributed by atoms with Gasteiger partial charge in [0, 0.05) is 25.0 Å². The zero-order valence-electron chi connectivity index (χ0n) is 15.8. The molecule has 0 spiro atoms. The van der Waals surface area contributed by atoms with Crippen molar-refractivity contribution in [2.45, 2.75) is 38.6 Å². The fraction of sp³-hybridized carbons (Fsp3) is 0.381. The number of amides is 2. The summed E-state index contributed by atoms with van der Waals surface area (Å²) in [5, 5.41) is 2.81. The molecule has 6 heteroatoms. The molecule has 142 valence electrons. The lowest BCUT2D eigenvalue weighted by Gasteiger charge is -2.35. The molecule has 1 aliphatic heterocycles. The van der Waals surface area contributed by atoms with Crippen LogP contribution in [0.3, 0.4) is 0 Å². The first-order valence-electron chi connectivity index (χ1n) is 9.34. The van der Waals surface area contributed by atoms with E-state index in [0.29, 0.717) is 22.6 Å². The number of piperidine rings is 1. The Hall–Kier alpha value is -2.89. The number of benzene rings is 1. The third kappa shape index (κ3) is 4.27. The van der Waals surface area contributed by atoms with Crippen molar-refractivity contribution >= 4 is 17.5 Å². The maximum absolute atomic E-state index is 12.9. The van der Waals surface area contributed by atoms with Crippen LogP contribution in [0.1, 0.15) is 53.3 Å². The fourth-order valence-corrected chi connectivity index (χ4v) is 3.48. The highest BCUT2D eigenvalue weighted by Gasteiger charge is 2.26. The summed E-state index contributed by atoms with van der Waals surface area (Å²) in [4.78, 5) is 31.6. The highest BCUT2D eigenvalue weighted by Crippen LogP contribution is 2.24. The average molecular weight is 367 g/mol. The second-order valence-corrected chi connectivity index (χ2v) is 6.67. The summed E-state index contributed by atoms with van der Waals surface area (Å²) in [6.07, 6.45) is 7.14. The number of ether oxygens (including phenoxy) is 1. The molecule has 1 aliphatic rings. The molecular formula is C21H25N3O3. The standard InChI is InChI=1S/C21H25N3O3/c1-3-17-8-6-7-11-24(17)21(26)16-12-15(13-22-14-16)20(25)23-18-9-4-5-10-19(18)27-2/h4-5,9-10,12-14,17H,3,6-8,11H2,1-2H3,(H,23,25). The number of carbonyl (C=O) groups excluding carboxylic acids is 2. The molecule has 1 fully saturated rings. The number of para-hydroxylation sites is 2. The second-order valence-electron chi connectivity index (χ2n) is 6.67. The number of methoxy groups -OCH3 is 1. The van der Waals surface area contributed by atoms with Crippen molar-refractivity contribution < 1.29 is 14.3 Å². The van der Waals surface area contributed by atoms with Gasteiger partial charge in [-0.25, -0.2) is 0 Å². The normalized spacial score (nSPS) is 16.7. The molecule has 0 bridgehead atoms. The van der Waals surface area contributed by atoms with Gasteiger partial charge in [0.05, 0.1) is 23.9 Å². The van der Waals surface area contributed by atoms with E-state index in [4.69, 9.17) is 4.74 Å². The summed E-state index contributed by atoms with van der Waals surface area (Å²) in [7, 11) is 1.55. The minimum Gasteiger partial charge on any atom is -0.495 e. The Bertz CT molecular complexity index is 822. The van der Waals surface area contributed by atoms with E-state index in [2.05, 4.69) is 17.2 Å². The van der Waals surface area contributed by atoms with Crippen LogP contribution >= 0.6 is 0 Å². The highest BCUT2D eigenvalue weighted by atomic mass is 16.5. The van der Waals surface area contributed by atoms with Gasteiger partial charge in [-0.05, 0) is 43.9 Å². The largest absolute Gasteiger partial charge is 0.495 e. The summed E-state index contributed by atoms with van der Waals surface area (Å²) in [5.74, 6) is 0.193. The van der Waals surface area contributed by atoms with Crippen molar-refractivity contribution in [2.24, 2.45) is 0 Å². The summed E-state index contributed by atoms with van der Waals surface area (Å²) in [6.45, 7) is 2.86. The Morgan fingerprint density at radius 1 is 1.22 bits per heavy atom. The summed E-state index contributed by atoms with van der Waals surface area (Å²) >= 11 is 0. The van der Waals surface area contributed by atoms with E-state index in [0.717, 1.165) is 32.2 Å². The van der Waals surface area contributed by atoms with Gasteiger partial charge < -0.3 is 15.0 Å². The molecule has 1 saturated heterocycles. The van der Waals surface area contributed by atoms with Gasteiger partial charge in [0.15, 0.2) is 0 Å². The molecule has 1 N–H and O–H groups in total. The van der Waals surface area contributed by atoms with Gasteiger partial charge >= 0.3 is 0 Å². The number of aromatic nitrogens is 1. The summed E-state index contributed by atoms with van der Waals surface area (Å²) < 4.78 is 5.26. The fourth-order valence-electron chi connectivity index (χ4n) is 3.48. The second kappa shape index (κ2) is 8.66. The first kappa shape index (κ1) is 18.9. The Kier molecular flexibility index (Phi) is 6.06. The number of hydrogen-bond acceptors (Lipinski definition) is 4. The van der Waals surface area contributed by atoms with Gasteiger partial charge in [0.1, 0.15) is 5.75 Å². The van der Waals surface area contributed by atoms with E-state index in [9.17, 15) is 9.59 Å². The van der Waals surface area contributed by atoms with E-state index in [1.54, 1.807) is 25.3 Å². The molecule has 1 aromatic heterocycles. The van der Waals surface area contributed by atoms with Crippen molar-refractivity contribution in [2.75, 3.05) is 19.0 Å². The molecule has 0 aliphatic carbocycles. The lowest BCUT2D eigenvalue weighted by molar-refractivity contribution is 0.0607. The van der Waals surface area contributed by atoms with E-state index in [1.165, 1.54) is 12.4 Å². The van der Waals surface area contributed by atoms with Crippen LogP contribution in [0.5, 0.6) is 5.75 Å². The molecule has 1 unspecified atom stereocenters. The van der Waals surface area contributed by atoms with E-state index >= 15 is 0 Å². The van der Waals surface area contributed by atoms with Crippen LogP contribution in [0.25, 0.3) is 0 Å². The minimum absolute atomic E-state index is 0.0546. The number of rotatable bonds is 5. The van der Waals surface area contributed by atoms with Gasteiger partial charge in [-0.2, -0.15) is 0 Å². The monoisotopic (exact) mass is 367 g/mol. The Morgan fingerprint density at radius 2 is 2.00 bits per heavy atom. The molecule has 1 aromatic carbocycles. The lowest BCUT2D eigenvalue weighted by Crippen LogP contribution is -2.43. The molecule has 6 nitrogen and oxygen atoms in total. The molecule has 3 rings (SSSR count). The average Bonchev–Trinajstić information content (AvgIpc) is 2.73. The van der Waals surface area contributed by atoms with Crippen molar-refractivity contribution in [3.63, 3.8) is 0 Å². The number of nitrogens with zero attached hydrogens (tertiary/aromatic N) is 2. The third-order valence-corrected chi connectivity index (χ3v) is 4.96. The van der Waals surface area contributed by atoms with Crippen molar-refractivity contribution in [1.29, 1.82) is 0 Å². The maximum Gasteiger partial charge on any atom is 0.257 e. The SMILES string of the molecule is CCC1CCCCN1C(=O)c1cncc(C(=O)Nc2ccccc2OC)c1. The Labute approximate surface area is 159 Å². The molecule has 2 amide bonds. The van der Waals surface area contributed by atoms with E-state index < -0.39 is 0 Å². The van der Waals surface area contributed by atoms with Crippen molar-refractivity contribution in [3.8, 4) is 5.75 Å². The van der Waals surface area contributed by atoms with Crippen LogP contribution in [0.2, 0.25) is 0 Å². The number of nitrogens with one attached hydrogen (secondary N) is 1. The zero-order chi connectivity index (χ0) is 19.2. The Balaban J connectivity index is 1.78. The molecular weight excluding hydrogens is 342 g/mol. The smallest absolute Gasteiger partial charge is 0.257 e. The van der Waals surface area contributed by atoms with Crippen molar-refractivity contribution in [3.05, 3.63) is 53.9 Å². The summed E-state index contributed by atoms with van der Waals surface area (Å²) in [6, 6.07) is 9.06. The van der Waals surface area contributed by atoms with Crippen LogP contribution in [0, 0.1) is 0 Å². The number of carbonyl (C=O) groups is 2. The zero-order valence-corrected chi connectivity index (χ0v) is 15.8. The molecule has 0 radical (unpaired) electrons. The van der Waals surface area contributed by atoms with E-state index in [-0.39, 0.29) is 17.9 Å². The molecule has 2 heterocycles. The predicted molar refractivity (Wildman–Crippen MR) is 104 cm³/mol. The van der Waals surface area contributed by atoms with Crippen LogP contribution in [0.4, 0.5) is 5.69 Å². The van der Waals surface area contributed by atoms with Crippen LogP contribution in [0.15, 0.2) is 42.7 Å². The molecule has 0 saturated carbocycles. The third-order valence-electron chi connectivity index (χ3n) is 4.96. The number of pyridine rings is 1. The molecule has 27 heavy (non-hydrogen) atoms. The quantitative estimate of drug-likeness (QED) is 0.874. The minimum atomic E-state index is -0.327. The number of likely N-dealkylation sites (tertiary alicyclic amines) is 1. The molecule has 2 aromatic rings. The molecule has 1 atom stereocenters. The highest BCUT2D eigenvalue weighted by molar-refractivity contribution is 6.06. The van der Waals surface area contributed by atoms with Crippen LogP contribution < -0.4 is 10.1 Å². The maximum atomic E-state index is 12.9. The van der Waals surface area contributed by atoms with E-state index in [1.807, 2.05) is 17.0 Å². The first-order valence-corrected chi connectivity index (χ1v) is 9.34. The van der Waals surface area contributed by atoms with Gasteiger partial charge in [-0.1, -0.05) is 19.1 Å². The van der Waals surface area contributed by atoms with Crippen LogP contribution in [-0.2, 0) is 0 Å². The lowest BCUT2D eigenvalue weighted by atomic mass is 9.99. The summed E-state index contributed by atoms with van der Waals surface area (Å²) in [5.41, 5.74) is 1.36. The van der Waals surface area contributed by atoms with Gasteiger partial charge in [-0.3, -0.25) is 14.6 Å². The predicted octanol–water partition coefficient (Wildman–Crippen LogP) is 3.75. The van der Waals surface area contributed by atoms with Gasteiger partial charge in [0.25, 0.3) is 11.8 Å². The Morgan fingerprint density at radius 3 is 2.78 bits per heavy atom. The first-order chi connectivity index (χ1) is 13.1. The topological polar surface area (TPSA) is 71.5 Å².